The Labute approximate surface area is 100 Å². The van der Waals surface area contributed by atoms with Gasteiger partial charge in [-0.25, -0.2) is 4.79 Å². The van der Waals surface area contributed by atoms with Crippen LogP contribution in [0, 0.1) is 5.92 Å². The van der Waals surface area contributed by atoms with Crippen molar-refractivity contribution >= 4 is 5.97 Å². The normalized spacial score (nSPS) is 14.2. The summed E-state index contributed by atoms with van der Waals surface area (Å²) in [5, 5.41) is 0. The van der Waals surface area contributed by atoms with E-state index in [-0.39, 0.29) is 12.1 Å². The summed E-state index contributed by atoms with van der Waals surface area (Å²) in [6, 6.07) is 0. The largest absolute Gasteiger partial charge is 0.460 e. The fourth-order valence-electron chi connectivity index (χ4n) is 1.82. The Balaban J connectivity index is 3.73. The second kappa shape index (κ2) is 9.44. The Kier molecular flexibility index (Phi) is 8.97. The molecular weight excluding hydrogens is 200 g/mol. The molecule has 0 aliphatic heterocycles. The smallest absolute Gasteiger partial charge is 0.330 e. The summed E-state index contributed by atoms with van der Waals surface area (Å²) in [7, 11) is 0. The van der Waals surface area contributed by atoms with Crippen molar-refractivity contribution in [2.75, 3.05) is 0 Å². The van der Waals surface area contributed by atoms with Crippen molar-refractivity contribution in [1.82, 2.24) is 0 Å². The van der Waals surface area contributed by atoms with Gasteiger partial charge in [-0.05, 0) is 25.7 Å². The van der Waals surface area contributed by atoms with Crippen LogP contribution in [0.5, 0.6) is 0 Å². The third-order valence-electron chi connectivity index (χ3n) is 3.01. The standard InChI is InChI=1S/C14H26O2/c1-5-8-9-13(6-2)11-10-12(4)16-14(15)7-3/h7,12-13H,3,5-6,8-11H2,1-2,4H3/t12-,13+/m1/s1. The number of esters is 1. The van der Waals surface area contributed by atoms with Crippen molar-refractivity contribution in [3.8, 4) is 0 Å². The maximum atomic E-state index is 11.0. The topological polar surface area (TPSA) is 26.3 Å². The molecule has 0 saturated carbocycles. The molecule has 0 aromatic heterocycles. The van der Waals surface area contributed by atoms with Gasteiger partial charge < -0.3 is 4.74 Å². The van der Waals surface area contributed by atoms with Crippen molar-refractivity contribution in [1.29, 1.82) is 0 Å². The van der Waals surface area contributed by atoms with Crippen LogP contribution in [-0.4, -0.2) is 12.1 Å². The molecule has 0 aliphatic carbocycles. The molecule has 0 spiro atoms. The first-order valence-electron chi connectivity index (χ1n) is 6.47. The first kappa shape index (κ1) is 15.2. The fourth-order valence-corrected chi connectivity index (χ4v) is 1.82. The van der Waals surface area contributed by atoms with E-state index in [1.807, 2.05) is 6.92 Å². The lowest BCUT2D eigenvalue weighted by Gasteiger charge is -2.17. The Morgan fingerprint density at radius 2 is 2.00 bits per heavy atom. The summed E-state index contributed by atoms with van der Waals surface area (Å²) in [5.41, 5.74) is 0. The zero-order chi connectivity index (χ0) is 12.4. The Morgan fingerprint density at radius 1 is 1.31 bits per heavy atom. The van der Waals surface area contributed by atoms with Gasteiger partial charge in [-0.15, -0.1) is 0 Å². The highest BCUT2D eigenvalue weighted by Gasteiger charge is 2.11. The quantitative estimate of drug-likeness (QED) is 0.437. The summed E-state index contributed by atoms with van der Waals surface area (Å²) in [6.45, 7) is 9.80. The molecule has 0 N–H and O–H groups in total. The zero-order valence-corrected chi connectivity index (χ0v) is 11.0. The molecular formula is C14H26O2. The van der Waals surface area contributed by atoms with E-state index in [1.165, 1.54) is 31.8 Å². The van der Waals surface area contributed by atoms with Crippen molar-refractivity contribution in [2.24, 2.45) is 5.92 Å². The second-order valence-corrected chi connectivity index (χ2v) is 4.45. The van der Waals surface area contributed by atoms with Crippen LogP contribution in [0.4, 0.5) is 0 Å². The summed E-state index contributed by atoms with van der Waals surface area (Å²) in [4.78, 5) is 11.0. The van der Waals surface area contributed by atoms with E-state index in [4.69, 9.17) is 4.74 Å². The molecule has 0 unspecified atom stereocenters. The highest BCUT2D eigenvalue weighted by molar-refractivity contribution is 5.81. The zero-order valence-electron chi connectivity index (χ0n) is 11.0. The molecule has 16 heavy (non-hydrogen) atoms. The van der Waals surface area contributed by atoms with Gasteiger partial charge in [0.05, 0.1) is 6.10 Å². The first-order chi connectivity index (χ1) is 7.63. The molecule has 0 aromatic carbocycles. The van der Waals surface area contributed by atoms with Crippen molar-refractivity contribution in [3.05, 3.63) is 12.7 Å². The van der Waals surface area contributed by atoms with Gasteiger partial charge in [0, 0.05) is 6.08 Å². The summed E-state index contributed by atoms with van der Waals surface area (Å²) in [6.07, 6.45) is 8.45. The summed E-state index contributed by atoms with van der Waals surface area (Å²) in [5.74, 6) is 0.471. The van der Waals surface area contributed by atoms with Gasteiger partial charge >= 0.3 is 5.97 Å². The van der Waals surface area contributed by atoms with Crippen molar-refractivity contribution in [3.63, 3.8) is 0 Å². The average molecular weight is 226 g/mol. The van der Waals surface area contributed by atoms with E-state index < -0.39 is 0 Å². The number of unbranched alkanes of at least 4 members (excludes halogenated alkanes) is 1. The van der Waals surface area contributed by atoms with Gasteiger partial charge in [-0.3, -0.25) is 0 Å². The number of carbonyl (C=O) groups excluding carboxylic acids is 1. The van der Waals surface area contributed by atoms with Crippen LogP contribution in [-0.2, 0) is 9.53 Å². The Hall–Kier alpha value is -0.790. The minimum Gasteiger partial charge on any atom is -0.460 e. The molecule has 2 atom stereocenters. The molecule has 0 heterocycles. The average Bonchev–Trinajstić information content (AvgIpc) is 2.29. The summed E-state index contributed by atoms with van der Waals surface area (Å²) >= 11 is 0. The minimum atomic E-state index is -0.311. The number of carbonyl (C=O) groups is 1. The lowest BCUT2D eigenvalue weighted by atomic mass is 9.93. The summed E-state index contributed by atoms with van der Waals surface area (Å²) < 4.78 is 5.14. The Bertz CT molecular complexity index is 199. The van der Waals surface area contributed by atoms with E-state index in [2.05, 4.69) is 20.4 Å². The fraction of sp³-hybridized carbons (Fsp3) is 0.786. The molecule has 0 amide bonds. The van der Waals surface area contributed by atoms with E-state index in [1.54, 1.807) is 0 Å². The molecule has 0 rings (SSSR count). The molecule has 0 bridgehead atoms. The highest BCUT2D eigenvalue weighted by atomic mass is 16.5. The van der Waals surface area contributed by atoms with Gasteiger partial charge in [0.1, 0.15) is 0 Å². The van der Waals surface area contributed by atoms with Crippen LogP contribution in [0.15, 0.2) is 12.7 Å². The molecule has 0 aromatic rings. The lowest BCUT2D eigenvalue weighted by Crippen LogP contribution is -2.14. The molecule has 0 fully saturated rings. The number of hydrogen-bond acceptors (Lipinski definition) is 2. The van der Waals surface area contributed by atoms with Crippen LogP contribution >= 0.6 is 0 Å². The maximum Gasteiger partial charge on any atom is 0.330 e. The number of hydrogen-bond donors (Lipinski definition) is 0. The van der Waals surface area contributed by atoms with Gasteiger partial charge in [0.25, 0.3) is 0 Å². The third-order valence-corrected chi connectivity index (χ3v) is 3.01. The predicted octanol–water partition coefficient (Wildman–Crippen LogP) is 4.10. The molecule has 0 aliphatic rings. The van der Waals surface area contributed by atoms with Gasteiger partial charge in [-0.1, -0.05) is 46.1 Å². The van der Waals surface area contributed by atoms with Crippen LogP contribution in [0.25, 0.3) is 0 Å². The van der Waals surface area contributed by atoms with Gasteiger partial charge in [0.15, 0.2) is 0 Å². The van der Waals surface area contributed by atoms with Crippen LogP contribution in [0.2, 0.25) is 0 Å². The van der Waals surface area contributed by atoms with Gasteiger partial charge in [0.2, 0.25) is 0 Å². The SMILES string of the molecule is C=CC(=O)O[C@H](C)CC[C@@H](CC)CCCC. The Morgan fingerprint density at radius 3 is 2.50 bits per heavy atom. The minimum absolute atomic E-state index is 0.0150. The molecule has 2 heteroatoms. The number of ether oxygens (including phenoxy) is 1. The van der Waals surface area contributed by atoms with Crippen molar-refractivity contribution < 1.29 is 9.53 Å². The van der Waals surface area contributed by atoms with Crippen molar-refractivity contribution in [2.45, 2.75) is 65.4 Å². The monoisotopic (exact) mass is 226 g/mol. The molecule has 2 nitrogen and oxygen atoms in total. The molecule has 0 saturated heterocycles. The maximum absolute atomic E-state index is 11.0. The predicted molar refractivity (Wildman–Crippen MR) is 68.3 cm³/mol. The van der Waals surface area contributed by atoms with Crippen LogP contribution in [0.1, 0.15) is 59.3 Å². The third kappa shape index (κ3) is 7.49. The van der Waals surface area contributed by atoms with Gasteiger partial charge in [-0.2, -0.15) is 0 Å². The van der Waals surface area contributed by atoms with E-state index in [0.717, 1.165) is 18.8 Å². The first-order valence-corrected chi connectivity index (χ1v) is 6.47. The van der Waals surface area contributed by atoms with Crippen LogP contribution < -0.4 is 0 Å². The highest BCUT2D eigenvalue weighted by Crippen LogP contribution is 2.20. The number of rotatable bonds is 9. The second-order valence-electron chi connectivity index (χ2n) is 4.45. The molecule has 0 radical (unpaired) electrons. The van der Waals surface area contributed by atoms with E-state index in [0.29, 0.717) is 0 Å². The van der Waals surface area contributed by atoms with E-state index in [9.17, 15) is 4.79 Å². The lowest BCUT2D eigenvalue weighted by molar-refractivity contribution is -0.142. The van der Waals surface area contributed by atoms with E-state index >= 15 is 0 Å². The van der Waals surface area contributed by atoms with Crippen LogP contribution in [0.3, 0.4) is 0 Å². The molecule has 94 valence electrons.